The smallest absolute Gasteiger partial charge is 0.338 e. The fraction of sp³-hybridized carbons (Fsp3) is 0.333. The largest absolute Gasteiger partial charge is 0.452 e. The first-order valence-electron chi connectivity index (χ1n) is 9.15. The van der Waals surface area contributed by atoms with E-state index < -0.39 is 5.97 Å². The number of anilines is 2. The molecule has 0 spiro atoms. The van der Waals surface area contributed by atoms with Gasteiger partial charge in [0.1, 0.15) is 0 Å². The molecule has 0 radical (unpaired) electrons. The van der Waals surface area contributed by atoms with Gasteiger partial charge in [-0.15, -0.1) is 0 Å². The minimum absolute atomic E-state index is 0.138. The number of ether oxygens (including phenoxy) is 1. The summed E-state index contributed by atoms with van der Waals surface area (Å²) in [4.78, 5) is 26.9. The van der Waals surface area contributed by atoms with E-state index in [4.69, 9.17) is 22.1 Å². The van der Waals surface area contributed by atoms with Gasteiger partial charge < -0.3 is 15.4 Å². The van der Waals surface area contributed by atoms with Crippen molar-refractivity contribution in [1.29, 1.82) is 0 Å². The molecule has 0 aromatic heterocycles. The molecule has 27 heavy (non-hydrogen) atoms. The predicted octanol–water partition coefficient (Wildman–Crippen LogP) is 4.44. The second kappa shape index (κ2) is 8.91. The first-order chi connectivity index (χ1) is 13.1. The van der Waals surface area contributed by atoms with Crippen LogP contribution in [-0.4, -0.2) is 24.5 Å². The zero-order valence-corrected chi connectivity index (χ0v) is 15.8. The van der Waals surface area contributed by atoms with Crippen molar-refractivity contribution in [1.82, 2.24) is 0 Å². The number of esters is 1. The van der Waals surface area contributed by atoms with Crippen molar-refractivity contribution in [3.8, 4) is 0 Å². The summed E-state index contributed by atoms with van der Waals surface area (Å²) in [6.45, 7) is -0.313. The molecule has 2 aromatic carbocycles. The van der Waals surface area contributed by atoms with Crippen molar-refractivity contribution in [3.63, 3.8) is 0 Å². The molecular formula is C21H23ClN2O3. The Morgan fingerprint density at radius 1 is 1.07 bits per heavy atom. The average Bonchev–Trinajstić information content (AvgIpc) is 2.70. The van der Waals surface area contributed by atoms with Crippen molar-refractivity contribution < 1.29 is 14.3 Å². The summed E-state index contributed by atoms with van der Waals surface area (Å²) in [7, 11) is 0. The van der Waals surface area contributed by atoms with Gasteiger partial charge in [-0.2, -0.15) is 0 Å². The SMILES string of the molecule is Nc1cc(C(=O)OCC(=O)N(c2ccccc2)C2CCCCC2)ccc1Cl. The van der Waals surface area contributed by atoms with Crippen LogP contribution < -0.4 is 10.6 Å². The number of nitrogens with zero attached hydrogens (tertiary/aromatic N) is 1. The van der Waals surface area contributed by atoms with Gasteiger partial charge in [0.25, 0.3) is 5.91 Å². The predicted molar refractivity (Wildman–Crippen MR) is 107 cm³/mol. The summed E-state index contributed by atoms with van der Waals surface area (Å²) in [6.07, 6.45) is 5.32. The number of amides is 1. The summed E-state index contributed by atoms with van der Waals surface area (Å²) in [5.74, 6) is -0.813. The fourth-order valence-corrected chi connectivity index (χ4v) is 3.55. The van der Waals surface area contributed by atoms with Crippen LogP contribution in [0, 0.1) is 0 Å². The summed E-state index contributed by atoms with van der Waals surface area (Å²) >= 11 is 5.87. The Labute approximate surface area is 164 Å². The van der Waals surface area contributed by atoms with Gasteiger partial charge in [-0.3, -0.25) is 4.79 Å². The van der Waals surface area contributed by atoms with Crippen LogP contribution >= 0.6 is 11.6 Å². The van der Waals surface area contributed by atoms with Crippen LogP contribution in [-0.2, 0) is 9.53 Å². The molecule has 0 unspecified atom stereocenters. The van der Waals surface area contributed by atoms with Gasteiger partial charge in [0, 0.05) is 11.7 Å². The van der Waals surface area contributed by atoms with E-state index in [2.05, 4.69) is 0 Å². The summed E-state index contributed by atoms with van der Waals surface area (Å²) in [5, 5.41) is 0.371. The maximum Gasteiger partial charge on any atom is 0.338 e. The fourth-order valence-electron chi connectivity index (χ4n) is 3.44. The molecule has 2 aromatic rings. The molecule has 0 aliphatic heterocycles. The minimum Gasteiger partial charge on any atom is -0.452 e. The maximum atomic E-state index is 12.9. The number of benzene rings is 2. The van der Waals surface area contributed by atoms with Crippen LogP contribution in [0.2, 0.25) is 5.02 Å². The Morgan fingerprint density at radius 3 is 2.44 bits per heavy atom. The number of nitrogen functional groups attached to an aromatic ring is 1. The third-order valence-corrected chi connectivity index (χ3v) is 5.15. The number of nitrogens with two attached hydrogens (primary N) is 1. The Bertz CT molecular complexity index is 804. The van der Waals surface area contributed by atoms with E-state index in [1.165, 1.54) is 24.6 Å². The Hall–Kier alpha value is -2.53. The lowest BCUT2D eigenvalue weighted by molar-refractivity contribution is -0.122. The monoisotopic (exact) mass is 386 g/mol. The molecule has 0 bridgehead atoms. The lowest BCUT2D eigenvalue weighted by Gasteiger charge is -2.34. The molecule has 0 atom stereocenters. The average molecular weight is 387 g/mol. The lowest BCUT2D eigenvalue weighted by atomic mass is 9.93. The van der Waals surface area contributed by atoms with Gasteiger partial charge in [-0.25, -0.2) is 4.79 Å². The molecule has 1 fully saturated rings. The summed E-state index contributed by atoms with van der Waals surface area (Å²) in [5.41, 5.74) is 7.12. The van der Waals surface area contributed by atoms with Crippen LogP contribution in [0.4, 0.5) is 11.4 Å². The molecule has 6 heteroatoms. The van der Waals surface area contributed by atoms with Gasteiger partial charge in [-0.1, -0.05) is 49.1 Å². The number of carbonyl (C=O) groups excluding carboxylic acids is 2. The van der Waals surface area contributed by atoms with Gasteiger partial charge in [0.2, 0.25) is 0 Å². The van der Waals surface area contributed by atoms with Crippen molar-refractivity contribution in [2.75, 3.05) is 17.2 Å². The molecule has 0 saturated heterocycles. The van der Waals surface area contributed by atoms with Gasteiger partial charge in [-0.05, 0) is 43.2 Å². The maximum absolute atomic E-state index is 12.9. The number of para-hydroxylation sites is 1. The van der Waals surface area contributed by atoms with E-state index >= 15 is 0 Å². The summed E-state index contributed by atoms with van der Waals surface area (Å²) < 4.78 is 5.25. The number of hydrogen-bond donors (Lipinski definition) is 1. The Kier molecular flexibility index (Phi) is 6.35. The quantitative estimate of drug-likeness (QED) is 0.608. The molecule has 1 saturated carbocycles. The topological polar surface area (TPSA) is 72.6 Å². The van der Waals surface area contributed by atoms with Crippen LogP contribution in [0.25, 0.3) is 0 Å². The van der Waals surface area contributed by atoms with Gasteiger partial charge in [0.05, 0.1) is 16.3 Å². The molecule has 5 nitrogen and oxygen atoms in total. The molecule has 142 valence electrons. The zero-order valence-electron chi connectivity index (χ0n) is 15.1. The molecule has 1 aliphatic rings. The normalized spacial score (nSPS) is 14.6. The van der Waals surface area contributed by atoms with E-state index in [-0.39, 0.29) is 24.1 Å². The zero-order chi connectivity index (χ0) is 19.2. The van der Waals surface area contributed by atoms with E-state index in [1.807, 2.05) is 30.3 Å². The standard InChI is InChI=1S/C21H23ClN2O3/c22-18-12-11-15(13-19(18)23)21(26)27-14-20(25)24(16-7-3-1-4-8-16)17-9-5-2-6-10-17/h1,3-4,7-8,11-13,17H,2,5-6,9-10,14,23H2. The molecular weight excluding hydrogens is 364 g/mol. The highest BCUT2D eigenvalue weighted by molar-refractivity contribution is 6.33. The highest BCUT2D eigenvalue weighted by Gasteiger charge is 2.27. The number of hydrogen-bond acceptors (Lipinski definition) is 4. The second-order valence-electron chi connectivity index (χ2n) is 6.70. The highest BCUT2D eigenvalue weighted by Crippen LogP contribution is 2.27. The van der Waals surface area contributed by atoms with E-state index in [0.717, 1.165) is 31.4 Å². The molecule has 1 aliphatic carbocycles. The van der Waals surface area contributed by atoms with Crippen molar-refractivity contribution in [2.45, 2.75) is 38.1 Å². The number of halogens is 1. The van der Waals surface area contributed by atoms with E-state index in [9.17, 15) is 9.59 Å². The number of rotatable bonds is 5. The first-order valence-corrected chi connectivity index (χ1v) is 9.53. The van der Waals surface area contributed by atoms with Crippen molar-refractivity contribution >= 4 is 34.9 Å². The van der Waals surface area contributed by atoms with Crippen LogP contribution in [0.1, 0.15) is 42.5 Å². The molecule has 1 amide bonds. The van der Waals surface area contributed by atoms with Crippen LogP contribution in [0.15, 0.2) is 48.5 Å². The summed E-state index contributed by atoms with van der Waals surface area (Å²) in [6, 6.07) is 14.2. The Balaban J connectivity index is 1.70. The third kappa shape index (κ3) is 4.80. The van der Waals surface area contributed by atoms with Crippen molar-refractivity contribution in [3.05, 3.63) is 59.1 Å². The second-order valence-corrected chi connectivity index (χ2v) is 7.11. The van der Waals surface area contributed by atoms with E-state index in [0.29, 0.717) is 10.7 Å². The highest BCUT2D eigenvalue weighted by atomic mass is 35.5. The lowest BCUT2D eigenvalue weighted by Crippen LogP contribution is -2.43. The molecule has 2 N–H and O–H groups in total. The molecule has 0 heterocycles. The van der Waals surface area contributed by atoms with Gasteiger partial charge in [0.15, 0.2) is 6.61 Å². The van der Waals surface area contributed by atoms with Crippen LogP contribution in [0.5, 0.6) is 0 Å². The number of carbonyl (C=O) groups is 2. The van der Waals surface area contributed by atoms with Gasteiger partial charge >= 0.3 is 5.97 Å². The minimum atomic E-state index is -0.594. The third-order valence-electron chi connectivity index (χ3n) is 4.80. The first kappa shape index (κ1) is 19.2. The van der Waals surface area contributed by atoms with Crippen LogP contribution in [0.3, 0.4) is 0 Å². The molecule has 3 rings (SSSR count). The van der Waals surface area contributed by atoms with Crippen molar-refractivity contribution in [2.24, 2.45) is 0 Å². The Morgan fingerprint density at radius 2 is 1.78 bits per heavy atom. The van der Waals surface area contributed by atoms with E-state index in [1.54, 1.807) is 4.90 Å².